The third-order valence-electron chi connectivity index (χ3n) is 4.97. The molecule has 1 saturated heterocycles. The van der Waals surface area contributed by atoms with Gasteiger partial charge in [-0.2, -0.15) is 13.2 Å². The number of hydrogen-bond donors (Lipinski definition) is 1. The van der Waals surface area contributed by atoms with Crippen LogP contribution < -0.4 is 5.32 Å². The van der Waals surface area contributed by atoms with Crippen LogP contribution in [0.3, 0.4) is 0 Å². The lowest BCUT2D eigenvalue weighted by atomic mass is 10.0. The molecular formula is C21H24F3N3O3. The van der Waals surface area contributed by atoms with Crippen LogP contribution >= 0.6 is 0 Å². The molecule has 2 aromatic rings. The molecule has 162 valence electrons. The van der Waals surface area contributed by atoms with Crippen molar-refractivity contribution in [1.82, 2.24) is 15.1 Å². The average Bonchev–Trinajstić information content (AvgIpc) is 3.22. The molecular weight excluding hydrogens is 399 g/mol. The first-order chi connectivity index (χ1) is 14.3. The zero-order valence-corrected chi connectivity index (χ0v) is 16.4. The number of rotatable bonds is 7. The highest BCUT2D eigenvalue weighted by Crippen LogP contribution is 2.19. The summed E-state index contributed by atoms with van der Waals surface area (Å²) in [4.78, 5) is 27.4. The second kappa shape index (κ2) is 9.80. The van der Waals surface area contributed by atoms with Crippen LogP contribution in [0.4, 0.5) is 13.2 Å². The molecule has 2 heterocycles. The number of carbonyl (C=O) groups excluding carboxylic acids is 2. The molecule has 1 aromatic carbocycles. The molecule has 1 aliphatic heterocycles. The summed E-state index contributed by atoms with van der Waals surface area (Å²) >= 11 is 0. The van der Waals surface area contributed by atoms with E-state index in [0.717, 1.165) is 4.90 Å². The number of halogens is 3. The summed E-state index contributed by atoms with van der Waals surface area (Å²) in [5.41, 5.74) is 0.579. The first kappa shape index (κ1) is 21.9. The van der Waals surface area contributed by atoms with E-state index in [-0.39, 0.29) is 25.0 Å². The molecule has 2 amide bonds. The molecule has 1 aromatic heterocycles. The summed E-state index contributed by atoms with van der Waals surface area (Å²) in [6, 6.07) is 12.0. The summed E-state index contributed by atoms with van der Waals surface area (Å²) in [5.74, 6) is -0.453. The van der Waals surface area contributed by atoms with E-state index < -0.39 is 18.6 Å². The number of hydrogen-bond acceptors (Lipinski definition) is 4. The van der Waals surface area contributed by atoms with Crippen LogP contribution in [0.25, 0.3) is 0 Å². The van der Waals surface area contributed by atoms with Crippen LogP contribution in [0, 0.1) is 0 Å². The lowest BCUT2D eigenvalue weighted by molar-refractivity contribution is -0.163. The number of alkyl halides is 3. The van der Waals surface area contributed by atoms with Crippen molar-refractivity contribution in [3.05, 3.63) is 60.1 Å². The summed E-state index contributed by atoms with van der Waals surface area (Å²) in [5, 5.41) is 2.97. The molecule has 0 saturated carbocycles. The number of amides is 2. The number of furan rings is 1. The molecule has 1 fully saturated rings. The molecule has 3 rings (SSSR count). The Kier molecular flexibility index (Phi) is 7.15. The number of nitrogens with one attached hydrogen (secondary N) is 1. The zero-order chi connectivity index (χ0) is 21.6. The molecule has 0 unspecified atom stereocenters. The standard InChI is InChI=1S/C21H24F3N3O3/c22-21(23,24)15-27(13-18-7-4-12-30-18)19(28)14-26-10-8-17(9-11-26)25-20(29)16-5-2-1-3-6-16/h1-7,12,17H,8-11,13-15H2,(H,25,29). The molecule has 0 spiro atoms. The SMILES string of the molecule is O=C(NC1CCN(CC(=O)N(Cc2ccco2)CC(F)(F)F)CC1)c1ccccc1. The van der Waals surface area contributed by atoms with Gasteiger partial charge < -0.3 is 14.6 Å². The van der Waals surface area contributed by atoms with Gasteiger partial charge in [0.2, 0.25) is 5.91 Å². The van der Waals surface area contributed by atoms with Crippen molar-refractivity contribution in [2.75, 3.05) is 26.2 Å². The van der Waals surface area contributed by atoms with Crippen LogP contribution in [0.5, 0.6) is 0 Å². The average molecular weight is 423 g/mol. The van der Waals surface area contributed by atoms with E-state index in [2.05, 4.69) is 5.32 Å². The van der Waals surface area contributed by atoms with E-state index in [9.17, 15) is 22.8 Å². The maximum Gasteiger partial charge on any atom is 0.406 e. The van der Waals surface area contributed by atoms with Gasteiger partial charge in [-0.1, -0.05) is 18.2 Å². The lowest BCUT2D eigenvalue weighted by Gasteiger charge is -2.33. The van der Waals surface area contributed by atoms with Crippen molar-refractivity contribution in [2.24, 2.45) is 0 Å². The van der Waals surface area contributed by atoms with Crippen molar-refractivity contribution < 1.29 is 27.2 Å². The highest BCUT2D eigenvalue weighted by atomic mass is 19.4. The van der Waals surface area contributed by atoms with E-state index >= 15 is 0 Å². The first-order valence-corrected chi connectivity index (χ1v) is 9.75. The number of carbonyl (C=O) groups is 2. The molecule has 0 atom stereocenters. The van der Waals surface area contributed by atoms with Gasteiger partial charge in [-0.3, -0.25) is 14.5 Å². The maximum atomic E-state index is 12.9. The normalized spacial score (nSPS) is 15.7. The van der Waals surface area contributed by atoms with Gasteiger partial charge >= 0.3 is 6.18 Å². The highest BCUT2D eigenvalue weighted by molar-refractivity contribution is 5.94. The second-order valence-corrected chi connectivity index (χ2v) is 7.33. The van der Waals surface area contributed by atoms with Gasteiger partial charge in [0.1, 0.15) is 12.3 Å². The molecule has 30 heavy (non-hydrogen) atoms. The Labute approximate surface area is 172 Å². The molecule has 1 aliphatic rings. The van der Waals surface area contributed by atoms with Gasteiger partial charge in [0.05, 0.1) is 19.4 Å². The van der Waals surface area contributed by atoms with Gasteiger partial charge in [0, 0.05) is 24.7 Å². The van der Waals surface area contributed by atoms with E-state index in [1.165, 1.54) is 12.3 Å². The third-order valence-corrected chi connectivity index (χ3v) is 4.97. The minimum absolute atomic E-state index is 0.0292. The molecule has 0 radical (unpaired) electrons. The fraction of sp³-hybridized carbons (Fsp3) is 0.429. The van der Waals surface area contributed by atoms with Gasteiger partial charge in [-0.05, 0) is 37.1 Å². The summed E-state index contributed by atoms with van der Waals surface area (Å²) in [6.45, 7) is -0.612. The van der Waals surface area contributed by atoms with Gasteiger partial charge in [-0.15, -0.1) is 0 Å². The fourth-order valence-corrected chi connectivity index (χ4v) is 3.42. The summed E-state index contributed by atoms with van der Waals surface area (Å²) < 4.78 is 43.8. The Bertz CT molecular complexity index is 817. The van der Waals surface area contributed by atoms with Gasteiger partial charge in [-0.25, -0.2) is 0 Å². The fourth-order valence-electron chi connectivity index (χ4n) is 3.42. The number of piperidine rings is 1. The Morgan fingerprint density at radius 3 is 2.40 bits per heavy atom. The second-order valence-electron chi connectivity index (χ2n) is 7.33. The summed E-state index contributed by atoms with van der Waals surface area (Å²) in [6.07, 6.45) is -1.87. The largest absolute Gasteiger partial charge is 0.467 e. The van der Waals surface area contributed by atoms with Crippen molar-refractivity contribution in [1.29, 1.82) is 0 Å². The molecule has 1 N–H and O–H groups in total. The maximum absolute atomic E-state index is 12.9. The van der Waals surface area contributed by atoms with E-state index in [0.29, 0.717) is 37.3 Å². The minimum Gasteiger partial charge on any atom is -0.467 e. The van der Waals surface area contributed by atoms with Crippen LogP contribution in [0.1, 0.15) is 29.0 Å². The molecule has 9 heteroatoms. The van der Waals surface area contributed by atoms with Crippen LogP contribution in [-0.2, 0) is 11.3 Å². The molecule has 0 bridgehead atoms. The predicted octanol–water partition coefficient (Wildman–Crippen LogP) is 3.06. The Hall–Kier alpha value is -2.81. The Morgan fingerprint density at radius 1 is 1.10 bits per heavy atom. The van der Waals surface area contributed by atoms with Crippen LogP contribution in [0.15, 0.2) is 53.1 Å². The predicted molar refractivity (Wildman–Crippen MR) is 104 cm³/mol. The lowest BCUT2D eigenvalue weighted by Crippen LogP contribution is -2.49. The van der Waals surface area contributed by atoms with Crippen molar-refractivity contribution in [3.8, 4) is 0 Å². The molecule has 0 aliphatic carbocycles. The quantitative estimate of drug-likeness (QED) is 0.744. The number of likely N-dealkylation sites (tertiary alicyclic amines) is 1. The first-order valence-electron chi connectivity index (χ1n) is 9.75. The Balaban J connectivity index is 1.49. The smallest absolute Gasteiger partial charge is 0.406 e. The minimum atomic E-state index is -4.49. The van der Waals surface area contributed by atoms with E-state index in [1.54, 1.807) is 30.3 Å². The van der Waals surface area contributed by atoms with Gasteiger partial charge in [0.25, 0.3) is 5.91 Å². The topological polar surface area (TPSA) is 65.8 Å². The van der Waals surface area contributed by atoms with Gasteiger partial charge in [0.15, 0.2) is 0 Å². The number of nitrogens with zero attached hydrogens (tertiary/aromatic N) is 2. The van der Waals surface area contributed by atoms with Crippen LogP contribution in [-0.4, -0.2) is 60.0 Å². The highest BCUT2D eigenvalue weighted by Gasteiger charge is 2.34. The third kappa shape index (κ3) is 6.62. The molecule has 6 nitrogen and oxygen atoms in total. The van der Waals surface area contributed by atoms with Crippen molar-refractivity contribution in [3.63, 3.8) is 0 Å². The summed E-state index contributed by atoms with van der Waals surface area (Å²) in [7, 11) is 0. The monoisotopic (exact) mass is 423 g/mol. The van der Waals surface area contributed by atoms with E-state index in [1.807, 2.05) is 11.0 Å². The van der Waals surface area contributed by atoms with Crippen molar-refractivity contribution in [2.45, 2.75) is 31.6 Å². The Morgan fingerprint density at radius 2 is 1.80 bits per heavy atom. The van der Waals surface area contributed by atoms with E-state index in [4.69, 9.17) is 4.42 Å². The zero-order valence-electron chi connectivity index (χ0n) is 16.4. The van der Waals surface area contributed by atoms with Crippen LogP contribution in [0.2, 0.25) is 0 Å². The van der Waals surface area contributed by atoms with Crippen molar-refractivity contribution >= 4 is 11.8 Å². The number of benzene rings is 1.